The molecule has 0 aliphatic heterocycles. The van der Waals surface area contributed by atoms with Crippen molar-refractivity contribution < 1.29 is 0 Å². The van der Waals surface area contributed by atoms with Crippen molar-refractivity contribution >= 4 is 34.5 Å². The van der Waals surface area contributed by atoms with Gasteiger partial charge >= 0.3 is 0 Å². The average Bonchev–Trinajstić information content (AvgIpc) is 2.79. The van der Waals surface area contributed by atoms with Gasteiger partial charge in [-0.05, 0) is 36.7 Å². The first-order chi connectivity index (χ1) is 9.63. The third-order valence-corrected chi connectivity index (χ3v) is 4.88. The van der Waals surface area contributed by atoms with Crippen LogP contribution in [0.5, 0.6) is 0 Å². The average molecular weight is 329 g/mol. The van der Waals surface area contributed by atoms with E-state index in [4.69, 9.17) is 23.2 Å². The minimum atomic E-state index is 0.161. The Labute approximate surface area is 134 Å². The summed E-state index contributed by atoms with van der Waals surface area (Å²) in [6.07, 6.45) is 4.73. The van der Waals surface area contributed by atoms with Crippen LogP contribution in [0.3, 0.4) is 0 Å². The van der Waals surface area contributed by atoms with Gasteiger partial charge in [-0.2, -0.15) is 0 Å². The fourth-order valence-corrected chi connectivity index (χ4v) is 3.83. The van der Waals surface area contributed by atoms with Crippen LogP contribution in [0.15, 0.2) is 30.6 Å². The van der Waals surface area contributed by atoms with Gasteiger partial charge in [0.25, 0.3) is 0 Å². The largest absolute Gasteiger partial charge is 0.309 e. The summed E-state index contributed by atoms with van der Waals surface area (Å²) in [7, 11) is 0. The third kappa shape index (κ3) is 3.73. The summed E-state index contributed by atoms with van der Waals surface area (Å²) in [5.41, 5.74) is 2.33. The molecular weight excluding hydrogens is 311 g/mol. The Morgan fingerprint density at radius 2 is 2.00 bits per heavy atom. The second-order valence-corrected chi connectivity index (χ2v) is 7.07. The zero-order valence-electron chi connectivity index (χ0n) is 11.6. The lowest BCUT2D eigenvalue weighted by atomic mass is 9.90. The van der Waals surface area contributed by atoms with Crippen molar-refractivity contribution in [3.8, 4) is 0 Å². The first-order valence-electron chi connectivity index (χ1n) is 6.71. The Morgan fingerprint density at radius 1 is 1.30 bits per heavy atom. The summed E-state index contributed by atoms with van der Waals surface area (Å²) >= 11 is 13.8. The molecular formula is C15H18Cl2N2S. The smallest absolute Gasteiger partial charge is 0.0992 e. The van der Waals surface area contributed by atoms with E-state index in [1.165, 1.54) is 16.9 Å². The molecule has 20 heavy (non-hydrogen) atoms. The van der Waals surface area contributed by atoms with E-state index in [2.05, 4.69) is 24.1 Å². The zero-order chi connectivity index (χ0) is 14.5. The predicted molar refractivity (Wildman–Crippen MR) is 88.0 cm³/mol. The number of aromatic nitrogens is 1. The number of halogens is 2. The lowest BCUT2D eigenvalue weighted by Gasteiger charge is -2.25. The monoisotopic (exact) mass is 328 g/mol. The molecule has 0 saturated heterocycles. The van der Waals surface area contributed by atoms with Crippen molar-refractivity contribution in [3.05, 3.63) is 50.4 Å². The summed E-state index contributed by atoms with van der Waals surface area (Å²) < 4.78 is 1.50. The summed E-state index contributed by atoms with van der Waals surface area (Å²) in [6.45, 7) is 5.30. The maximum Gasteiger partial charge on any atom is 0.0992 e. The fraction of sp³-hybridized carbons (Fsp3) is 0.400. The number of nitrogens with zero attached hydrogens (tertiary/aromatic N) is 1. The molecule has 0 aliphatic rings. The standard InChI is InChI=1S/C15H18Cl2N2S/c1-3-6-19-14(12-9-13(16)20-15(12)17)10(2)11-4-7-18-8-5-11/h4-5,7-10,14,19H,3,6H2,1-2H3. The van der Waals surface area contributed by atoms with Crippen molar-refractivity contribution in [2.24, 2.45) is 0 Å². The highest BCUT2D eigenvalue weighted by atomic mass is 35.5. The molecule has 2 aromatic heterocycles. The van der Waals surface area contributed by atoms with E-state index in [9.17, 15) is 0 Å². The molecule has 0 bridgehead atoms. The van der Waals surface area contributed by atoms with Gasteiger partial charge in [0.1, 0.15) is 0 Å². The van der Waals surface area contributed by atoms with Crippen LogP contribution in [0.4, 0.5) is 0 Å². The highest BCUT2D eigenvalue weighted by molar-refractivity contribution is 7.20. The zero-order valence-corrected chi connectivity index (χ0v) is 13.9. The lowest BCUT2D eigenvalue weighted by molar-refractivity contribution is 0.467. The van der Waals surface area contributed by atoms with E-state index in [0.717, 1.165) is 27.2 Å². The molecule has 0 aromatic carbocycles. The van der Waals surface area contributed by atoms with Crippen molar-refractivity contribution in [2.75, 3.05) is 6.54 Å². The maximum atomic E-state index is 6.33. The van der Waals surface area contributed by atoms with Gasteiger partial charge in [-0.1, -0.05) is 37.0 Å². The molecule has 2 aromatic rings. The summed E-state index contributed by atoms with van der Waals surface area (Å²) in [4.78, 5) is 4.08. The van der Waals surface area contributed by atoms with E-state index in [1.807, 2.05) is 30.6 Å². The Morgan fingerprint density at radius 3 is 2.55 bits per heavy atom. The fourth-order valence-electron chi connectivity index (χ4n) is 2.28. The van der Waals surface area contributed by atoms with E-state index >= 15 is 0 Å². The Kier molecular flexibility index (Phi) is 5.85. The quantitative estimate of drug-likeness (QED) is 0.778. The molecule has 0 spiro atoms. The van der Waals surface area contributed by atoms with E-state index in [0.29, 0.717) is 5.92 Å². The number of hydrogen-bond acceptors (Lipinski definition) is 3. The molecule has 2 nitrogen and oxygen atoms in total. The number of nitrogens with one attached hydrogen (secondary N) is 1. The van der Waals surface area contributed by atoms with Crippen LogP contribution in [0.2, 0.25) is 8.67 Å². The summed E-state index contributed by atoms with van der Waals surface area (Å²) in [5.74, 6) is 0.299. The van der Waals surface area contributed by atoms with Gasteiger partial charge in [-0.15, -0.1) is 11.3 Å². The Bertz CT molecular complexity index is 542. The molecule has 0 saturated carbocycles. The SMILES string of the molecule is CCCNC(c1cc(Cl)sc1Cl)C(C)c1ccncc1. The van der Waals surface area contributed by atoms with Crippen LogP contribution in [0.25, 0.3) is 0 Å². The number of thiophene rings is 1. The predicted octanol–water partition coefficient (Wildman–Crippen LogP) is 5.29. The highest BCUT2D eigenvalue weighted by Gasteiger charge is 2.24. The molecule has 5 heteroatoms. The van der Waals surface area contributed by atoms with Gasteiger partial charge in [0.15, 0.2) is 0 Å². The van der Waals surface area contributed by atoms with Crippen LogP contribution in [0.1, 0.15) is 43.4 Å². The summed E-state index contributed by atoms with van der Waals surface area (Å²) in [6, 6.07) is 6.23. The molecule has 2 heterocycles. The first-order valence-corrected chi connectivity index (χ1v) is 8.28. The Balaban J connectivity index is 2.30. The second kappa shape index (κ2) is 7.41. The second-order valence-electron chi connectivity index (χ2n) is 4.78. The molecule has 1 N–H and O–H groups in total. The summed E-state index contributed by atoms with van der Waals surface area (Å²) in [5, 5.41) is 3.58. The van der Waals surface area contributed by atoms with Crippen LogP contribution in [-0.2, 0) is 0 Å². The van der Waals surface area contributed by atoms with Crippen molar-refractivity contribution in [1.29, 1.82) is 0 Å². The number of pyridine rings is 1. The van der Waals surface area contributed by atoms with Gasteiger partial charge in [-0.25, -0.2) is 0 Å². The third-order valence-electron chi connectivity index (χ3n) is 3.36. The van der Waals surface area contributed by atoms with Gasteiger partial charge < -0.3 is 5.32 Å². The van der Waals surface area contributed by atoms with Gasteiger partial charge in [0.05, 0.1) is 8.67 Å². The maximum absolute atomic E-state index is 6.33. The normalized spacial score (nSPS) is 14.2. The molecule has 0 fully saturated rings. The molecule has 0 radical (unpaired) electrons. The van der Waals surface area contributed by atoms with E-state index in [1.54, 1.807) is 0 Å². The van der Waals surface area contributed by atoms with Crippen molar-refractivity contribution in [3.63, 3.8) is 0 Å². The van der Waals surface area contributed by atoms with Gasteiger partial charge in [0.2, 0.25) is 0 Å². The molecule has 2 atom stereocenters. The van der Waals surface area contributed by atoms with E-state index < -0.39 is 0 Å². The molecule has 108 valence electrons. The number of hydrogen-bond donors (Lipinski definition) is 1. The minimum absolute atomic E-state index is 0.161. The molecule has 0 amide bonds. The number of rotatable bonds is 6. The van der Waals surface area contributed by atoms with Crippen molar-refractivity contribution in [2.45, 2.75) is 32.2 Å². The molecule has 2 rings (SSSR count). The van der Waals surface area contributed by atoms with Crippen LogP contribution in [-0.4, -0.2) is 11.5 Å². The van der Waals surface area contributed by atoms with Gasteiger partial charge in [-0.3, -0.25) is 4.98 Å². The van der Waals surface area contributed by atoms with Crippen LogP contribution < -0.4 is 5.32 Å². The minimum Gasteiger partial charge on any atom is -0.309 e. The first kappa shape index (κ1) is 15.8. The lowest BCUT2D eigenvalue weighted by Crippen LogP contribution is -2.26. The highest BCUT2D eigenvalue weighted by Crippen LogP contribution is 2.40. The van der Waals surface area contributed by atoms with Gasteiger partial charge in [0, 0.05) is 29.9 Å². The Hall–Kier alpha value is -0.610. The van der Waals surface area contributed by atoms with E-state index in [-0.39, 0.29) is 6.04 Å². The van der Waals surface area contributed by atoms with Crippen molar-refractivity contribution in [1.82, 2.24) is 10.3 Å². The topological polar surface area (TPSA) is 24.9 Å². The van der Waals surface area contributed by atoms with Crippen LogP contribution >= 0.6 is 34.5 Å². The van der Waals surface area contributed by atoms with Crippen LogP contribution in [0, 0.1) is 0 Å². The molecule has 2 unspecified atom stereocenters. The molecule has 0 aliphatic carbocycles.